The van der Waals surface area contributed by atoms with Crippen LogP contribution in [0.1, 0.15) is 16.8 Å². The minimum absolute atomic E-state index is 0.0854. The lowest BCUT2D eigenvalue weighted by Gasteiger charge is -2.22. The number of methoxy groups -OCH3 is 1. The van der Waals surface area contributed by atoms with E-state index in [-0.39, 0.29) is 11.7 Å². The van der Waals surface area contributed by atoms with Gasteiger partial charge in [-0.1, -0.05) is 17.3 Å². The Labute approximate surface area is 131 Å². The molecule has 110 valence electrons. The number of carbonyl (C=O) groups excluding carboxylic acids is 1. The van der Waals surface area contributed by atoms with E-state index in [9.17, 15) is 4.79 Å². The van der Waals surface area contributed by atoms with Crippen LogP contribution < -0.4 is 5.73 Å². The summed E-state index contributed by atoms with van der Waals surface area (Å²) in [4.78, 5) is 14.1. The first kappa shape index (κ1) is 16.7. The van der Waals surface area contributed by atoms with Gasteiger partial charge in [0, 0.05) is 30.2 Å². The van der Waals surface area contributed by atoms with Gasteiger partial charge in [-0.25, -0.2) is 0 Å². The van der Waals surface area contributed by atoms with Crippen molar-refractivity contribution < 1.29 is 14.7 Å². The maximum Gasteiger partial charge on any atom is 0.255 e. The average molecular weight is 391 g/mol. The third kappa shape index (κ3) is 4.97. The van der Waals surface area contributed by atoms with Gasteiger partial charge in [0.25, 0.3) is 5.91 Å². The summed E-state index contributed by atoms with van der Waals surface area (Å²) in [6.07, 6.45) is 0.315. The molecular weight excluding hydrogens is 373 g/mol. The standard InChI is InChI=1S/C13H18IN3O3/c1-20-9-8-17(7-6-12(15)16-19)13(18)10-4-2-3-5-11(10)14/h2-5,19H,6-9H2,1H3,(H2,15,16). The number of hydrogen-bond acceptors (Lipinski definition) is 4. The molecule has 0 aliphatic carbocycles. The van der Waals surface area contributed by atoms with E-state index in [0.29, 0.717) is 31.7 Å². The van der Waals surface area contributed by atoms with Crippen molar-refractivity contribution in [1.82, 2.24) is 4.90 Å². The van der Waals surface area contributed by atoms with Crippen LogP contribution in [0.5, 0.6) is 0 Å². The highest BCUT2D eigenvalue weighted by Crippen LogP contribution is 2.14. The quantitative estimate of drug-likeness (QED) is 0.243. The highest BCUT2D eigenvalue weighted by Gasteiger charge is 2.17. The molecule has 0 unspecified atom stereocenters. The Morgan fingerprint density at radius 2 is 2.15 bits per heavy atom. The second-order valence-corrected chi connectivity index (χ2v) is 5.27. The molecule has 1 amide bonds. The largest absolute Gasteiger partial charge is 0.409 e. The van der Waals surface area contributed by atoms with Crippen LogP contribution in [0.4, 0.5) is 0 Å². The van der Waals surface area contributed by atoms with Crippen LogP contribution in [0.15, 0.2) is 29.4 Å². The molecule has 20 heavy (non-hydrogen) atoms. The summed E-state index contributed by atoms with van der Waals surface area (Å²) < 4.78 is 5.91. The number of carbonyl (C=O) groups is 1. The molecule has 0 radical (unpaired) electrons. The van der Waals surface area contributed by atoms with Crippen LogP contribution in [0.2, 0.25) is 0 Å². The zero-order valence-electron chi connectivity index (χ0n) is 11.3. The van der Waals surface area contributed by atoms with Gasteiger partial charge in [-0.3, -0.25) is 4.79 Å². The molecule has 0 aliphatic heterocycles. The Hall–Kier alpha value is -1.35. The number of benzene rings is 1. The normalized spacial score (nSPS) is 11.4. The molecule has 0 heterocycles. The van der Waals surface area contributed by atoms with Gasteiger partial charge in [0.15, 0.2) is 0 Å². The van der Waals surface area contributed by atoms with E-state index >= 15 is 0 Å². The van der Waals surface area contributed by atoms with Crippen LogP contribution in [-0.2, 0) is 4.74 Å². The van der Waals surface area contributed by atoms with Gasteiger partial charge in [-0.05, 0) is 34.7 Å². The maximum absolute atomic E-state index is 12.5. The third-order valence-electron chi connectivity index (χ3n) is 2.72. The van der Waals surface area contributed by atoms with Crippen LogP contribution in [-0.4, -0.2) is 48.7 Å². The van der Waals surface area contributed by atoms with Crippen molar-refractivity contribution in [2.45, 2.75) is 6.42 Å². The van der Waals surface area contributed by atoms with Crippen LogP contribution in [0.25, 0.3) is 0 Å². The molecule has 0 saturated carbocycles. The molecule has 3 N–H and O–H groups in total. The molecule has 0 saturated heterocycles. The predicted molar refractivity (Wildman–Crippen MR) is 85.0 cm³/mol. The van der Waals surface area contributed by atoms with Crippen molar-refractivity contribution in [2.24, 2.45) is 10.9 Å². The molecule has 6 nitrogen and oxygen atoms in total. The predicted octanol–water partition coefficient (Wildman–Crippen LogP) is 1.52. The van der Waals surface area contributed by atoms with Crippen LogP contribution in [0.3, 0.4) is 0 Å². The van der Waals surface area contributed by atoms with Crippen LogP contribution in [0, 0.1) is 3.57 Å². The number of halogens is 1. The Morgan fingerprint density at radius 1 is 1.45 bits per heavy atom. The number of hydrogen-bond donors (Lipinski definition) is 2. The van der Waals surface area contributed by atoms with Gasteiger partial charge in [0.1, 0.15) is 5.84 Å². The molecule has 0 bridgehead atoms. The highest BCUT2D eigenvalue weighted by molar-refractivity contribution is 14.1. The topological polar surface area (TPSA) is 88.2 Å². The van der Waals surface area contributed by atoms with E-state index in [1.807, 2.05) is 18.2 Å². The Morgan fingerprint density at radius 3 is 2.75 bits per heavy atom. The molecule has 1 aromatic rings. The van der Waals surface area contributed by atoms with Crippen molar-refractivity contribution in [2.75, 3.05) is 26.8 Å². The minimum Gasteiger partial charge on any atom is -0.409 e. The van der Waals surface area contributed by atoms with Gasteiger partial charge >= 0.3 is 0 Å². The number of rotatable bonds is 7. The van der Waals surface area contributed by atoms with E-state index in [2.05, 4.69) is 27.7 Å². The van der Waals surface area contributed by atoms with Crippen molar-refractivity contribution in [3.63, 3.8) is 0 Å². The van der Waals surface area contributed by atoms with Gasteiger partial charge in [0.05, 0.1) is 12.2 Å². The summed E-state index contributed by atoms with van der Waals surface area (Å²) >= 11 is 2.13. The Kier molecular flexibility index (Phi) is 7.31. The first-order valence-corrected chi connectivity index (χ1v) is 7.17. The summed E-state index contributed by atoms with van der Waals surface area (Å²) in [5.74, 6) is 0.0146. The lowest BCUT2D eigenvalue weighted by Crippen LogP contribution is -2.36. The van der Waals surface area contributed by atoms with Crippen LogP contribution >= 0.6 is 22.6 Å². The molecule has 0 fully saturated rings. The Bertz CT molecular complexity index is 480. The van der Waals surface area contributed by atoms with Gasteiger partial charge in [-0.15, -0.1) is 0 Å². The SMILES string of the molecule is COCCN(CCC(N)=NO)C(=O)c1ccccc1I. The van der Waals surface area contributed by atoms with E-state index in [1.54, 1.807) is 18.1 Å². The molecule has 0 spiro atoms. The lowest BCUT2D eigenvalue weighted by molar-refractivity contribution is 0.0699. The second kappa shape index (κ2) is 8.75. The number of amidine groups is 1. The fourth-order valence-electron chi connectivity index (χ4n) is 1.62. The first-order valence-electron chi connectivity index (χ1n) is 6.09. The van der Waals surface area contributed by atoms with E-state index < -0.39 is 0 Å². The summed E-state index contributed by atoms with van der Waals surface area (Å²) in [5, 5.41) is 11.5. The van der Waals surface area contributed by atoms with Crippen molar-refractivity contribution >= 4 is 34.3 Å². The number of nitrogens with zero attached hydrogens (tertiary/aromatic N) is 2. The number of amides is 1. The fourth-order valence-corrected chi connectivity index (χ4v) is 2.24. The number of ether oxygens (including phenoxy) is 1. The van der Waals surface area contributed by atoms with Gasteiger partial charge in [0.2, 0.25) is 0 Å². The van der Waals surface area contributed by atoms with E-state index in [0.717, 1.165) is 3.57 Å². The second-order valence-electron chi connectivity index (χ2n) is 4.11. The summed E-state index contributed by atoms with van der Waals surface area (Å²) in [7, 11) is 1.58. The fraction of sp³-hybridized carbons (Fsp3) is 0.385. The Balaban J connectivity index is 2.81. The minimum atomic E-state index is -0.0854. The maximum atomic E-state index is 12.5. The zero-order chi connectivity index (χ0) is 15.0. The average Bonchev–Trinajstić information content (AvgIpc) is 2.47. The smallest absolute Gasteiger partial charge is 0.255 e. The zero-order valence-corrected chi connectivity index (χ0v) is 13.4. The van der Waals surface area contributed by atoms with Crippen molar-refractivity contribution in [3.8, 4) is 0 Å². The molecule has 0 aliphatic rings. The molecular formula is C13H18IN3O3. The molecule has 0 atom stereocenters. The molecule has 7 heteroatoms. The van der Waals surface area contributed by atoms with Crippen molar-refractivity contribution in [3.05, 3.63) is 33.4 Å². The number of nitrogens with two attached hydrogens (primary N) is 1. The van der Waals surface area contributed by atoms with E-state index in [1.165, 1.54) is 0 Å². The lowest BCUT2D eigenvalue weighted by atomic mass is 10.2. The van der Waals surface area contributed by atoms with Gasteiger partial charge in [-0.2, -0.15) is 0 Å². The highest BCUT2D eigenvalue weighted by atomic mass is 127. The molecule has 0 aromatic heterocycles. The number of oxime groups is 1. The van der Waals surface area contributed by atoms with Gasteiger partial charge < -0.3 is 20.6 Å². The first-order chi connectivity index (χ1) is 9.60. The van der Waals surface area contributed by atoms with E-state index in [4.69, 9.17) is 15.7 Å². The summed E-state index contributed by atoms with van der Waals surface area (Å²) in [6, 6.07) is 7.38. The summed E-state index contributed by atoms with van der Waals surface area (Å²) in [5.41, 5.74) is 6.09. The monoisotopic (exact) mass is 391 g/mol. The van der Waals surface area contributed by atoms with Crippen molar-refractivity contribution in [1.29, 1.82) is 0 Å². The molecule has 1 aromatic carbocycles. The summed E-state index contributed by atoms with van der Waals surface area (Å²) in [6.45, 7) is 1.27. The third-order valence-corrected chi connectivity index (χ3v) is 3.66. The molecule has 1 rings (SSSR count).